The van der Waals surface area contributed by atoms with Crippen LogP contribution in [0.25, 0.3) is 11.1 Å². The molecule has 2 saturated heterocycles. The fourth-order valence-corrected chi connectivity index (χ4v) is 4.65. The number of piperidine rings is 1. The Labute approximate surface area is 209 Å². The average Bonchev–Trinajstić information content (AvgIpc) is 3.13. The second-order valence-corrected chi connectivity index (χ2v) is 10.3. The maximum absolute atomic E-state index is 12.6. The van der Waals surface area contributed by atoms with E-state index in [2.05, 4.69) is 15.5 Å². The van der Waals surface area contributed by atoms with Crippen LogP contribution in [-0.4, -0.2) is 71.9 Å². The van der Waals surface area contributed by atoms with E-state index in [-0.39, 0.29) is 24.9 Å². The third-order valence-corrected chi connectivity index (χ3v) is 6.26. The summed E-state index contributed by atoms with van der Waals surface area (Å²) < 4.78 is 18.0. The first-order chi connectivity index (χ1) is 17.1. The Morgan fingerprint density at radius 1 is 1.25 bits per heavy atom. The molecule has 0 bridgehead atoms. The highest BCUT2D eigenvalue weighted by molar-refractivity contribution is 6.00. The Bertz CT molecular complexity index is 1180. The molecule has 0 spiro atoms. The van der Waals surface area contributed by atoms with Gasteiger partial charge in [-0.2, -0.15) is 0 Å². The number of nitrogens with zero attached hydrogens (tertiary/aromatic N) is 2. The van der Waals surface area contributed by atoms with Crippen LogP contribution in [0.5, 0.6) is 0 Å². The van der Waals surface area contributed by atoms with Gasteiger partial charge in [0.1, 0.15) is 11.6 Å². The Morgan fingerprint density at radius 3 is 2.81 bits per heavy atom. The molecule has 0 saturated carbocycles. The van der Waals surface area contributed by atoms with Crippen molar-refractivity contribution < 1.29 is 28.3 Å². The second-order valence-electron chi connectivity index (χ2n) is 10.3. The van der Waals surface area contributed by atoms with Gasteiger partial charge in [0, 0.05) is 26.1 Å². The van der Waals surface area contributed by atoms with Gasteiger partial charge >= 0.3 is 11.8 Å². The van der Waals surface area contributed by atoms with Crippen molar-refractivity contribution in [2.24, 2.45) is 0 Å². The molecule has 2 aliphatic rings. The number of oxazole rings is 1. The first kappa shape index (κ1) is 25.9. The fraction of sp³-hybridized carbons (Fsp3) is 0.600. The smallest absolute Gasteiger partial charge is 0.420 e. The monoisotopic (exact) mass is 502 g/mol. The zero-order valence-electron chi connectivity index (χ0n) is 21.0. The van der Waals surface area contributed by atoms with Crippen LogP contribution in [0.4, 0.5) is 4.79 Å². The number of nitrogens with one attached hydrogen (secondary N) is 2. The van der Waals surface area contributed by atoms with Crippen LogP contribution in [0, 0.1) is 0 Å². The van der Waals surface area contributed by atoms with Gasteiger partial charge in [-0.25, -0.2) is 9.59 Å². The predicted octanol–water partition coefficient (Wildman–Crippen LogP) is 1.73. The van der Waals surface area contributed by atoms with E-state index >= 15 is 0 Å². The summed E-state index contributed by atoms with van der Waals surface area (Å²) in [5, 5.41) is 5.07. The molecule has 36 heavy (non-hydrogen) atoms. The number of ether oxygens (including phenoxy) is 2. The lowest BCUT2D eigenvalue weighted by atomic mass is 10.0. The average molecular weight is 503 g/mol. The van der Waals surface area contributed by atoms with Crippen molar-refractivity contribution in [1.82, 2.24) is 20.1 Å². The SMILES string of the molecule is CC(C)(C)OC(=O)NC[C@@H]1CN(CCCc2cccc3c2oc(=O)n3C2CCC(=O)NC2=O)CCO1. The Balaban J connectivity index is 1.33. The van der Waals surface area contributed by atoms with E-state index in [0.717, 1.165) is 25.1 Å². The van der Waals surface area contributed by atoms with E-state index in [9.17, 15) is 19.2 Å². The van der Waals surface area contributed by atoms with Crippen molar-refractivity contribution in [2.45, 2.75) is 64.2 Å². The van der Waals surface area contributed by atoms with E-state index in [4.69, 9.17) is 13.9 Å². The van der Waals surface area contributed by atoms with Crippen LogP contribution in [0.1, 0.15) is 51.6 Å². The maximum Gasteiger partial charge on any atom is 0.420 e. The molecule has 2 aromatic rings. The molecule has 2 aliphatic heterocycles. The summed E-state index contributed by atoms with van der Waals surface area (Å²) in [6, 6.07) is 4.78. The molecule has 4 rings (SSSR count). The molecule has 3 heterocycles. The van der Waals surface area contributed by atoms with Crippen molar-refractivity contribution in [3.8, 4) is 0 Å². The highest BCUT2D eigenvalue weighted by atomic mass is 16.6. The number of carbonyl (C=O) groups excluding carboxylic acids is 3. The number of rotatable bonds is 7. The van der Waals surface area contributed by atoms with E-state index in [1.807, 2.05) is 32.9 Å². The minimum atomic E-state index is -0.758. The zero-order chi connectivity index (χ0) is 25.9. The number of hydrogen-bond donors (Lipinski definition) is 2. The van der Waals surface area contributed by atoms with Crippen LogP contribution in [0.2, 0.25) is 0 Å². The molecule has 1 aromatic carbocycles. The summed E-state index contributed by atoms with van der Waals surface area (Å²) in [4.78, 5) is 50.6. The minimum Gasteiger partial charge on any atom is -0.444 e. The molecule has 2 fully saturated rings. The van der Waals surface area contributed by atoms with Crippen molar-refractivity contribution >= 4 is 29.0 Å². The quantitative estimate of drug-likeness (QED) is 0.547. The summed E-state index contributed by atoms with van der Waals surface area (Å²) >= 11 is 0. The summed E-state index contributed by atoms with van der Waals surface area (Å²) in [6.45, 7) is 8.74. The molecule has 2 atom stereocenters. The zero-order valence-corrected chi connectivity index (χ0v) is 21.0. The first-order valence-electron chi connectivity index (χ1n) is 12.4. The molecule has 1 unspecified atom stereocenters. The molecule has 2 N–H and O–H groups in total. The molecule has 196 valence electrons. The number of aromatic nitrogens is 1. The van der Waals surface area contributed by atoms with Crippen LogP contribution >= 0.6 is 0 Å². The standard InChI is InChI=1S/C25H34N4O7/c1-25(2,3)36-23(32)26-14-17-15-28(12-13-34-17)11-5-7-16-6-4-8-18-21(16)35-24(33)29(18)19-9-10-20(30)27-22(19)31/h4,6,8,17,19H,5,7,9-15H2,1-3H3,(H,26,32)(H,27,30,31)/t17-,19?/m1/s1. The Hall–Kier alpha value is -3.18. The number of imide groups is 1. The number of carbonyl (C=O) groups is 3. The van der Waals surface area contributed by atoms with Gasteiger partial charge in [0.15, 0.2) is 5.58 Å². The third-order valence-electron chi connectivity index (χ3n) is 6.26. The van der Waals surface area contributed by atoms with Gasteiger partial charge in [0.2, 0.25) is 11.8 Å². The maximum atomic E-state index is 12.6. The van der Waals surface area contributed by atoms with E-state index in [1.165, 1.54) is 4.57 Å². The van der Waals surface area contributed by atoms with Gasteiger partial charge in [0.25, 0.3) is 0 Å². The molecule has 0 radical (unpaired) electrons. The highest BCUT2D eigenvalue weighted by Gasteiger charge is 2.31. The molecule has 0 aliphatic carbocycles. The highest BCUT2D eigenvalue weighted by Crippen LogP contribution is 2.26. The molecule has 3 amide bonds. The topological polar surface area (TPSA) is 132 Å². The molecule has 11 heteroatoms. The number of fused-ring (bicyclic) bond motifs is 1. The molecular formula is C25H34N4O7. The second kappa shape index (κ2) is 10.8. The Morgan fingerprint density at radius 2 is 2.06 bits per heavy atom. The van der Waals surface area contributed by atoms with Gasteiger partial charge in [-0.1, -0.05) is 12.1 Å². The summed E-state index contributed by atoms with van der Waals surface area (Å²) in [5.41, 5.74) is 1.39. The minimum absolute atomic E-state index is 0.115. The van der Waals surface area contributed by atoms with E-state index in [1.54, 1.807) is 6.07 Å². The first-order valence-corrected chi connectivity index (χ1v) is 12.4. The summed E-state index contributed by atoms with van der Waals surface area (Å²) in [5.74, 6) is -1.41. The van der Waals surface area contributed by atoms with Crippen LogP contribution in [0.3, 0.4) is 0 Å². The molecular weight excluding hydrogens is 468 g/mol. The van der Waals surface area contributed by atoms with Gasteiger partial charge in [0.05, 0.1) is 18.2 Å². The van der Waals surface area contributed by atoms with Gasteiger partial charge in [-0.3, -0.25) is 24.4 Å². The van der Waals surface area contributed by atoms with Crippen LogP contribution < -0.4 is 16.4 Å². The number of aryl methyl sites for hydroxylation is 1. The lowest BCUT2D eigenvalue weighted by Crippen LogP contribution is -2.48. The van der Waals surface area contributed by atoms with E-state index in [0.29, 0.717) is 37.2 Å². The number of alkyl carbamates (subject to hydrolysis) is 1. The fourth-order valence-electron chi connectivity index (χ4n) is 4.65. The number of morpholine rings is 1. The van der Waals surface area contributed by atoms with Gasteiger partial charge in [-0.05, 0) is 58.2 Å². The van der Waals surface area contributed by atoms with Crippen molar-refractivity contribution in [3.63, 3.8) is 0 Å². The molecule has 11 nitrogen and oxygen atoms in total. The number of hydrogen-bond acceptors (Lipinski definition) is 8. The van der Waals surface area contributed by atoms with Crippen molar-refractivity contribution in [2.75, 3.05) is 32.8 Å². The lowest BCUT2D eigenvalue weighted by molar-refractivity contribution is -0.135. The summed E-state index contributed by atoms with van der Waals surface area (Å²) in [6.07, 6.45) is 1.40. The van der Waals surface area contributed by atoms with Gasteiger partial charge < -0.3 is 19.2 Å². The lowest BCUT2D eigenvalue weighted by Gasteiger charge is -2.33. The largest absolute Gasteiger partial charge is 0.444 e. The number of para-hydroxylation sites is 1. The van der Waals surface area contributed by atoms with Crippen LogP contribution in [-0.2, 0) is 25.5 Å². The normalized spacial score (nSPS) is 21.4. The number of benzene rings is 1. The predicted molar refractivity (Wildman–Crippen MR) is 131 cm³/mol. The molecule has 1 aromatic heterocycles. The number of amides is 3. The third kappa shape index (κ3) is 6.33. The van der Waals surface area contributed by atoms with Crippen molar-refractivity contribution in [3.05, 3.63) is 34.3 Å². The van der Waals surface area contributed by atoms with E-state index < -0.39 is 29.4 Å². The van der Waals surface area contributed by atoms with Crippen molar-refractivity contribution in [1.29, 1.82) is 0 Å². The Kier molecular flexibility index (Phi) is 7.79. The van der Waals surface area contributed by atoms with Gasteiger partial charge in [-0.15, -0.1) is 0 Å². The summed E-state index contributed by atoms with van der Waals surface area (Å²) in [7, 11) is 0. The van der Waals surface area contributed by atoms with Crippen LogP contribution in [0.15, 0.2) is 27.4 Å².